The van der Waals surface area contributed by atoms with Crippen LogP contribution in [-0.4, -0.2) is 54.5 Å². The third-order valence-electron chi connectivity index (χ3n) is 7.50. The first-order chi connectivity index (χ1) is 19.3. The third-order valence-corrected chi connectivity index (χ3v) is 8.35. The van der Waals surface area contributed by atoms with E-state index in [4.69, 9.17) is 0 Å². The number of carbonyl (C=O) groups is 4. The smallest absolute Gasteiger partial charge is 0.305 e. The molecule has 0 atom stereocenters. The second-order valence-corrected chi connectivity index (χ2v) is 11.2. The summed E-state index contributed by atoms with van der Waals surface area (Å²) < 4.78 is 7.40. The van der Waals surface area contributed by atoms with Gasteiger partial charge in [-0.2, -0.15) is 0 Å². The van der Waals surface area contributed by atoms with Gasteiger partial charge >= 0.3 is 5.97 Å². The minimum atomic E-state index is -0.283. The van der Waals surface area contributed by atoms with E-state index in [0.29, 0.717) is 50.9 Å². The third kappa shape index (κ3) is 7.10. The molecule has 9 nitrogen and oxygen atoms in total. The molecule has 40 heavy (non-hydrogen) atoms. The van der Waals surface area contributed by atoms with Gasteiger partial charge in [0, 0.05) is 37.2 Å². The van der Waals surface area contributed by atoms with Gasteiger partial charge in [-0.1, -0.05) is 12.1 Å². The predicted molar refractivity (Wildman–Crippen MR) is 156 cm³/mol. The number of nitrogens with zero attached hydrogens (tertiary/aromatic N) is 2. The molecule has 0 spiro atoms. The van der Waals surface area contributed by atoms with Gasteiger partial charge in [0.1, 0.15) is 12.2 Å². The molecule has 3 aromatic rings. The highest BCUT2D eigenvalue weighted by molar-refractivity contribution is 7.17. The maximum absolute atomic E-state index is 13.4. The lowest BCUT2D eigenvalue weighted by molar-refractivity contribution is -0.140. The van der Waals surface area contributed by atoms with E-state index in [1.807, 2.05) is 60.2 Å². The Labute approximate surface area is 238 Å². The number of rotatable bonds is 11. The Hall–Kier alpha value is -3.66. The standard InChI is InChI=1S/C30H38N4O5S/c1-4-33(23-8-5-7-20(2)17-23)27(35)19-34-24-14-16-40-26(24)18-25(34)30(38)32-22-12-10-21(11-13-22)29(37)31-15-6-9-28(36)39-3/h5,7-8,14,16-18,21-22H,4,6,9-13,15,19H2,1-3H3,(H,31,37)(H,32,38)/t21-,22-. The number of nitrogens with one attached hydrogen (secondary N) is 2. The minimum Gasteiger partial charge on any atom is -0.469 e. The summed E-state index contributed by atoms with van der Waals surface area (Å²) in [6.45, 7) is 4.98. The summed E-state index contributed by atoms with van der Waals surface area (Å²) in [4.78, 5) is 52.4. The highest BCUT2D eigenvalue weighted by Crippen LogP contribution is 2.28. The van der Waals surface area contributed by atoms with Gasteiger partial charge in [0.05, 0.1) is 17.3 Å². The molecule has 0 unspecified atom stereocenters. The summed E-state index contributed by atoms with van der Waals surface area (Å²) in [7, 11) is 1.35. The van der Waals surface area contributed by atoms with Crippen molar-refractivity contribution in [3.63, 3.8) is 0 Å². The van der Waals surface area contributed by atoms with Crippen molar-refractivity contribution in [3.8, 4) is 0 Å². The molecule has 1 fully saturated rings. The Morgan fingerprint density at radius 2 is 1.88 bits per heavy atom. The second kappa shape index (κ2) is 13.6. The van der Waals surface area contributed by atoms with Gasteiger partial charge < -0.3 is 24.8 Å². The topological polar surface area (TPSA) is 110 Å². The van der Waals surface area contributed by atoms with Crippen LogP contribution in [0.25, 0.3) is 10.2 Å². The molecular formula is C30H38N4O5S. The van der Waals surface area contributed by atoms with Crippen LogP contribution in [0.1, 0.15) is 61.5 Å². The molecule has 4 rings (SSSR count). The highest BCUT2D eigenvalue weighted by atomic mass is 32.1. The molecule has 0 aliphatic heterocycles. The van der Waals surface area contributed by atoms with Gasteiger partial charge in [-0.05, 0) is 81.2 Å². The SMILES string of the molecule is CCN(C(=O)Cn1c(C(=O)N[C@H]2CC[C@H](C(=O)NCCCC(=O)OC)CC2)cc2sccc21)c1cccc(C)c1. The molecule has 1 aliphatic rings. The van der Waals surface area contributed by atoms with Gasteiger partial charge in [0.25, 0.3) is 5.91 Å². The number of methoxy groups -OCH3 is 1. The van der Waals surface area contributed by atoms with Crippen molar-refractivity contribution < 1.29 is 23.9 Å². The van der Waals surface area contributed by atoms with Crippen LogP contribution < -0.4 is 15.5 Å². The van der Waals surface area contributed by atoms with Crippen molar-refractivity contribution in [2.45, 2.75) is 65.0 Å². The van der Waals surface area contributed by atoms with Crippen LogP contribution in [0.15, 0.2) is 41.8 Å². The normalized spacial score (nSPS) is 16.9. The average molecular weight is 567 g/mol. The molecule has 10 heteroatoms. The van der Waals surface area contributed by atoms with Crippen molar-refractivity contribution >= 4 is 50.9 Å². The van der Waals surface area contributed by atoms with Gasteiger partial charge in [0.15, 0.2) is 0 Å². The van der Waals surface area contributed by atoms with Crippen LogP contribution in [0, 0.1) is 12.8 Å². The number of anilines is 1. The Kier molecular flexibility index (Phi) is 9.98. The molecule has 2 heterocycles. The molecule has 0 radical (unpaired) electrons. The molecule has 214 valence electrons. The summed E-state index contributed by atoms with van der Waals surface area (Å²) in [5.41, 5.74) is 3.27. The number of fused-ring (bicyclic) bond motifs is 1. The molecule has 2 N–H and O–H groups in total. The van der Waals surface area contributed by atoms with Crippen LogP contribution >= 0.6 is 11.3 Å². The van der Waals surface area contributed by atoms with Crippen molar-refractivity contribution in [2.75, 3.05) is 25.1 Å². The van der Waals surface area contributed by atoms with E-state index in [2.05, 4.69) is 15.4 Å². The summed E-state index contributed by atoms with van der Waals surface area (Å²) in [6.07, 6.45) is 3.61. The maximum Gasteiger partial charge on any atom is 0.305 e. The summed E-state index contributed by atoms with van der Waals surface area (Å²) >= 11 is 1.54. The lowest BCUT2D eigenvalue weighted by Crippen LogP contribution is -2.42. The van der Waals surface area contributed by atoms with E-state index >= 15 is 0 Å². The summed E-state index contributed by atoms with van der Waals surface area (Å²) in [5, 5.41) is 8.02. The quantitative estimate of drug-likeness (QED) is 0.264. The van der Waals surface area contributed by atoms with Crippen LogP contribution in [-0.2, 0) is 25.7 Å². The number of amides is 3. The largest absolute Gasteiger partial charge is 0.469 e. The number of carbonyl (C=O) groups excluding carboxylic acids is 4. The fraction of sp³-hybridized carbons (Fsp3) is 0.467. The van der Waals surface area contributed by atoms with Crippen LogP contribution in [0.5, 0.6) is 0 Å². The second-order valence-electron chi connectivity index (χ2n) is 10.3. The van der Waals surface area contributed by atoms with Gasteiger partial charge in [-0.15, -0.1) is 11.3 Å². The van der Waals surface area contributed by atoms with Crippen molar-refractivity contribution in [1.82, 2.24) is 15.2 Å². The fourth-order valence-electron chi connectivity index (χ4n) is 5.30. The first kappa shape index (κ1) is 29.3. The highest BCUT2D eigenvalue weighted by Gasteiger charge is 2.28. The molecular weight excluding hydrogens is 528 g/mol. The number of likely N-dealkylation sites (N-methyl/N-ethyl adjacent to an activating group) is 1. The first-order valence-corrected chi connectivity index (χ1v) is 14.8. The number of esters is 1. The Balaban J connectivity index is 1.36. The van der Waals surface area contributed by atoms with Crippen molar-refractivity contribution in [3.05, 3.63) is 53.0 Å². The number of hydrogen-bond donors (Lipinski definition) is 2. The number of thiophene rings is 1. The Morgan fingerprint density at radius 3 is 2.58 bits per heavy atom. The fourth-order valence-corrected chi connectivity index (χ4v) is 6.13. The zero-order valence-electron chi connectivity index (χ0n) is 23.4. The predicted octanol–water partition coefficient (Wildman–Crippen LogP) is 4.42. The minimum absolute atomic E-state index is 0.00337. The summed E-state index contributed by atoms with van der Waals surface area (Å²) in [6, 6.07) is 11.6. The summed E-state index contributed by atoms with van der Waals surface area (Å²) in [5.74, 6) is -0.666. The van der Waals surface area contributed by atoms with Crippen LogP contribution in [0.3, 0.4) is 0 Å². The van der Waals surface area contributed by atoms with E-state index in [0.717, 1.165) is 21.5 Å². The Bertz CT molecular complexity index is 1360. The molecule has 0 bridgehead atoms. The molecule has 1 saturated carbocycles. The van der Waals surface area contributed by atoms with E-state index < -0.39 is 0 Å². The van der Waals surface area contributed by atoms with Crippen LogP contribution in [0.4, 0.5) is 5.69 Å². The number of benzene rings is 1. The lowest BCUT2D eigenvalue weighted by atomic mass is 9.85. The maximum atomic E-state index is 13.4. The number of ether oxygens (including phenoxy) is 1. The van der Waals surface area contributed by atoms with Crippen molar-refractivity contribution in [2.24, 2.45) is 5.92 Å². The number of aromatic nitrogens is 1. The van der Waals surface area contributed by atoms with Gasteiger partial charge in [0.2, 0.25) is 11.8 Å². The van der Waals surface area contributed by atoms with Gasteiger partial charge in [-0.25, -0.2) is 0 Å². The van der Waals surface area contributed by atoms with E-state index in [9.17, 15) is 19.2 Å². The molecule has 2 aromatic heterocycles. The zero-order chi connectivity index (χ0) is 28.6. The van der Waals surface area contributed by atoms with E-state index in [1.165, 1.54) is 7.11 Å². The molecule has 3 amide bonds. The lowest BCUT2D eigenvalue weighted by Gasteiger charge is -2.28. The monoisotopic (exact) mass is 566 g/mol. The van der Waals surface area contributed by atoms with E-state index in [-0.39, 0.29) is 48.6 Å². The zero-order valence-corrected chi connectivity index (χ0v) is 24.2. The average Bonchev–Trinajstić information content (AvgIpc) is 3.54. The Morgan fingerprint density at radius 1 is 1.10 bits per heavy atom. The molecule has 0 saturated heterocycles. The number of hydrogen-bond acceptors (Lipinski definition) is 6. The van der Waals surface area contributed by atoms with Gasteiger partial charge in [-0.3, -0.25) is 19.2 Å². The first-order valence-electron chi connectivity index (χ1n) is 13.9. The number of aryl methyl sites for hydroxylation is 1. The van der Waals surface area contributed by atoms with Crippen molar-refractivity contribution in [1.29, 1.82) is 0 Å². The van der Waals surface area contributed by atoms with Crippen LogP contribution in [0.2, 0.25) is 0 Å². The molecule has 1 aliphatic carbocycles. The molecule has 1 aromatic carbocycles. The van der Waals surface area contributed by atoms with E-state index in [1.54, 1.807) is 16.2 Å².